The summed E-state index contributed by atoms with van der Waals surface area (Å²) in [6.07, 6.45) is 2.94. The van der Waals surface area contributed by atoms with E-state index in [9.17, 15) is 9.59 Å². The lowest BCUT2D eigenvalue weighted by atomic mass is 9.98. The predicted octanol–water partition coefficient (Wildman–Crippen LogP) is 3.38. The number of piperidine rings is 1. The maximum Gasteiger partial charge on any atom is 0.277 e. The first-order valence-electron chi connectivity index (χ1n) is 9.50. The van der Waals surface area contributed by atoms with Crippen molar-refractivity contribution in [3.8, 4) is 0 Å². The van der Waals surface area contributed by atoms with Gasteiger partial charge in [0, 0.05) is 31.1 Å². The van der Waals surface area contributed by atoms with Crippen LogP contribution in [-0.2, 0) is 14.3 Å². The zero-order valence-electron chi connectivity index (χ0n) is 15.9. The van der Waals surface area contributed by atoms with Gasteiger partial charge in [-0.05, 0) is 50.5 Å². The number of rotatable bonds is 7. The number of amides is 2. The average molecular weight is 377 g/mol. The molecule has 0 aliphatic carbocycles. The highest BCUT2D eigenvalue weighted by atomic mass is 32.1. The Morgan fingerprint density at radius 2 is 1.96 bits per heavy atom. The molecular formula is C20H28N2O3S. The zero-order valence-corrected chi connectivity index (χ0v) is 16.7. The quantitative estimate of drug-likeness (QED) is 0.541. The largest absolute Gasteiger partial charge is 0.379 e. The number of hydrogen-bond acceptors (Lipinski definition) is 5. The van der Waals surface area contributed by atoms with Crippen molar-refractivity contribution in [3.05, 3.63) is 28.1 Å². The first-order chi connectivity index (χ1) is 12.5. The molecule has 5 nitrogen and oxygen atoms in total. The molecule has 142 valence electrons. The van der Waals surface area contributed by atoms with Gasteiger partial charge in [-0.15, -0.1) is 11.3 Å². The van der Waals surface area contributed by atoms with Crippen molar-refractivity contribution in [2.75, 3.05) is 26.2 Å². The van der Waals surface area contributed by atoms with Crippen LogP contribution in [0.1, 0.15) is 44.9 Å². The number of carbonyl (C=O) groups excluding carboxylic acids is 2. The summed E-state index contributed by atoms with van der Waals surface area (Å²) in [4.78, 5) is 30.6. The fourth-order valence-corrected chi connectivity index (χ4v) is 4.24. The van der Waals surface area contributed by atoms with Gasteiger partial charge in [-0.3, -0.25) is 14.5 Å². The summed E-state index contributed by atoms with van der Waals surface area (Å²) >= 11 is 1.52. The number of thiophene rings is 1. The molecule has 3 rings (SSSR count). The zero-order chi connectivity index (χ0) is 18.7. The maximum absolute atomic E-state index is 13.1. The molecule has 0 unspecified atom stereocenters. The molecule has 0 spiro atoms. The van der Waals surface area contributed by atoms with E-state index in [1.54, 1.807) is 0 Å². The van der Waals surface area contributed by atoms with Crippen LogP contribution in [0.15, 0.2) is 23.2 Å². The molecule has 2 amide bonds. The summed E-state index contributed by atoms with van der Waals surface area (Å²) in [7, 11) is 0. The Bertz CT molecular complexity index is 673. The second-order valence-corrected chi connectivity index (χ2v) is 8.35. The molecule has 0 radical (unpaired) electrons. The number of imide groups is 1. The fraction of sp³-hybridized carbons (Fsp3) is 0.600. The maximum atomic E-state index is 13.1. The van der Waals surface area contributed by atoms with Crippen LogP contribution in [-0.4, -0.2) is 54.0 Å². The highest BCUT2D eigenvalue weighted by molar-refractivity contribution is 7.11. The summed E-state index contributed by atoms with van der Waals surface area (Å²) in [6, 6.07) is 3.86. The third kappa shape index (κ3) is 4.01. The van der Waals surface area contributed by atoms with Crippen molar-refractivity contribution in [2.45, 2.75) is 46.1 Å². The van der Waals surface area contributed by atoms with Crippen molar-refractivity contribution < 1.29 is 14.3 Å². The van der Waals surface area contributed by atoms with Gasteiger partial charge in [0.2, 0.25) is 0 Å². The fourth-order valence-electron chi connectivity index (χ4n) is 3.48. The Labute approximate surface area is 159 Å². The summed E-state index contributed by atoms with van der Waals surface area (Å²) in [6.45, 7) is 8.86. The Morgan fingerprint density at radius 1 is 1.23 bits per heavy atom. The second-order valence-electron chi connectivity index (χ2n) is 7.41. The number of likely N-dealkylation sites (tertiary alicyclic amines) is 1. The molecule has 1 saturated heterocycles. The third-order valence-corrected chi connectivity index (χ3v) is 5.88. The molecule has 1 aromatic heterocycles. The van der Waals surface area contributed by atoms with E-state index >= 15 is 0 Å². The molecule has 26 heavy (non-hydrogen) atoms. The van der Waals surface area contributed by atoms with E-state index in [0.29, 0.717) is 36.8 Å². The van der Waals surface area contributed by atoms with Gasteiger partial charge < -0.3 is 9.64 Å². The Hall–Kier alpha value is -1.66. The minimum Gasteiger partial charge on any atom is -0.379 e. The van der Waals surface area contributed by atoms with Gasteiger partial charge in [0.25, 0.3) is 11.8 Å². The topological polar surface area (TPSA) is 49.9 Å². The van der Waals surface area contributed by atoms with Crippen molar-refractivity contribution in [1.82, 2.24) is 9.80 Å². The molecule has 2 aliphatic rings. The van der Waals surface area contributed by atoms with E-state index in [1.165, 1.54) is 16.2 Å². The minimum absolute atomic E-state index is 0.141. The standard InChI is InChI=1S/C20H28N2O3S/c1-14(2)25-12-5-9-22-19(23)17(16-6-4-13-26-16)18(20(22)24)21-10-7-15(3)8-11-21/h4,6,13-15H,5,7-12H2,1-3H3. The Kier molecular flexibility index (Phi) is 6.14. The average Bonchev–Trinajstić information content (AvgIpc) is 3.20. The van der Waals surface area contributed by atoms with Gasteiger partial charge >= 0.3 is 0 Å². The molecule has 2 aliphatic heterocycles. The highest BCUT2D eigenvalue weighted by Crippen LogP contribution is 2.35. The van der Waals surface area contributed by atoms with E-state index in [0.717, 1.165) is 30.8 Å². The first kappa shape index (κ1) is 19.1. The minimum atomic E-state index is -0.157. The highest BCUT2D eigenvalue weighted by Gasteiger charge is 2.42. The molecule has 1 fully saturated rings. The van der Waals surface area contributed by atoms with Crippen molar-refractivity contribution in [1.29, 1.82) is 0 Å². The third-order valence-electron chi connectivity index (χ3n) is 4.99. The number of hydrogen-bond donors (Lipinski definition) is 0. The molecule has 0 saturated carbocycles. The molecule has 0 N–H and O–H groups in total. The Morgan fingerprint density at radius 3 is 2.58 bits per heavy atom. The van der Waals surface area contributed by atoms with Crippen molar-refractivity contribution in [3.63, 3.8) is 0 Å². The summed E-state index contributed by atoms with van der Waals surface area (Å²) in [5.41, 5.74) is 1.19. The van der Waals surface area contributed by atoms with Crippen molar-refractivity contribution in [2.24, 2.45) is 5.92 Å². The van der Waals surface area contributed by atoms with Crippen LogP contribution in [0.2, 0.25) is 0 Å². The van der Waals surface area contributed by atoms with Crippen LogP contribution in [0.25, 0.3) is 5.57 Å². The van der Waals surface area contributed by atoms with Gasteiger partial charge in [0.05, 0.1) is 11.7 Å². The van der Waals surface area contributed by atoms with Crippen LogP contribution in [0.4, 0.5) is 0 Å². The first-order valence-corrected chi connectivity index (χ1v) is 10.4. The van der Waals surface area contributed by atoms with Gasteiger partial charge in [-0.25, -0.2) is 0 Å². The van der Waals surface area contributed by atoms with Gasteiger partial charge in [-0.2, -0.15) is 0 Å². The lowest BCUT2D eigenvalue weighted by Crippen LogP contribution is -2.39. The molecular weight excluding hydrogens is 348 g/mol. The van der Waals surface area contributed by atoms with Gasteiger partial charge in [-0.1, -0.05) is 13.0 Å². The molecule has 0 bridgehead atoms. The van der Waals surface area contributed by atoms with E-state index in [-0.39, 0.29) is 17.9 Å². The molecule has 3 heterocycles. The number of ether oxygens (including phenoxy) is 1. The lowest BCUT2D eigenvalue weighted by Gasteiger charge is -2.32. The van der Waals surface area contributed by atoms with E-state index in [4.69, 9.17) is 4.74 Å². The van der Waals surface area contributed by atoms with E-state index < -0.39 is 0 Å². The van der Waals surface area contributed by atoms with Crippen LogP contribution < -0.4 is 0 Å². The SMILES string of the molecule is CC1CCN(C2=C(c3cccs3)C(=O)N(CCCOC(C)C)C2=O)CC1. The molecule has 6 heteroatoms. The Balaban J connectivity index is 1.80. The monoisotopic (exact) mass is 376 g/mol. The number of carbonyl (C=O) groups is 2. The van der Waals surface area contributed by atoms with Crippen LogP contribution in [0.5, 0.6) is 0 Å². The molecule has 0 atom stereocenters. The molecule has 0 aromatic carbocycles. The van der Waals surface area contributed by atoms with E-state index in [1.807, 2.05) is 31.4 Å². The normalized spacial score (nSPS) is 19.4. The molecule has 1 aromatic rings. The summed E-state index contributed by atoms with van der Waals surface area (Å²) in [5.74, 6) is 0.377. The second kappa shape index (κ2) is 8.35. The van der Waals surface area contributed by atoms with Gasteiger partial charge in [0.1, 0.15) is 5.70 Å². The van der Waals surface area contributed by atoms with Gasteiger partial charge in [0.15, 0.2) is 0 Å². The van der Waals surface area contributed by atoms with Crippen LogP contribution in [0, 0.1) is 5.92 Å². The predicted molar refractivity (Wildman–Crippen MR) is 104 cm³/mol. The van der Waals surface area contributed by atoms with Crippen molar-refractivity contribution >= 4 is 28.7 Å². The summed E-state index contributed by atoms with van der Waals surface area (Å²) < 4.78 is 5.55. The summed E-state index contributed by atoms with van der Waals surface area (Å²) in [5, 5.41) is 1.95. The lowest BCUT2D eigenvalue weighted by molar-refractivity contribution is -0.137. The van der Waals surface area contributed by atoms with Crippen LogP contribution in [0.3, 0.4) is 0 Å². The van der Waals surface area contributed by atoms with Crippen LogP contribution >= 0.6 is 11.3 Å². The number of nitrogens with zero attached hydrogens (tertiary/aromatic N) is 2. The van der Waals surface area contributed by atoms with E-state index in [2.05, 4.69) is 11.8 Å². The smallest absolute Gasteiger partial charge is 0.277 e.